The van der Waals surface area contributed by atoms with Crippen LogP contribution in [-0.2, 0) is 11.2 Å². The molecule has 0 aliphatic carbocycles. The number of anilines is 1. The van der Waals surface area contributed by atoms with Crippen molar-refractivity contribution in [3.05, 3.63) is 23.8 Å². The van der Waals surface area contributed by atoms with Crippen LogP contribution in [0.1, 0.15) is 5.56 Å². The van der Waals surface area contributed by atoms with Crippen molar-refractivity contribution in [3.8, 4) is 5.75 Å². The number of benzene rings is 1. The highest BCUT2D eigenvalue weighted by molar-refractivity contribution is 5.82. The standard InChI is InChI=1S/C11H14N2O3/c12-8-1-2-9-7(5-8)6-10(16-9)11(15)13-3-4-14/h1-2,5,10,14H,3-4,6,12H2,(H,13,15). The van der Waals surface area contributed by atoms with Crippen LogP contribution in [-0.4, -0.2) is 30.3 Å². The van der Waals surface area contributed by atoms with Gasteiger partial charge in [-0.05, 0) is 18.2 Å². The van der Waals surface area contributed by atoms with Crippen molar-refractivity contribution < 1.29 is 14.6 Å². The largest absolute Gasteiger partial charge is 0.480 e. The predicted molar refractivity (Wildman–Crippen MR) is 59.1 cm³/mol. The maximum Gasteiger partial charge on any atom is 0.261 e. The predicted octanol–water partition coefficient (Wildman–Crippen LogP) is -0.319. The summed E-state index contributed by atoms with van der Waals surface area (Å²) in [6.07, 6.45) is 0.0146. The first-order chi connectivity index (χ1) is 7.70. The topological polar surface area (TPSA) is 84.6 Å². The lowest BCUT2D eigenvalue weighted by Crippen LogP contribution is -2.38. The number of nitrogens with two attached hydrogens (primary N) is 1. The van der Waals surface area contributed by atoms with Gasteiger partial charge in [0.15, 0.2) is 6.10 Å². The zero-order valence-corrected chi connectivity index (χ0v) is 8.77. The lowest BCUT2D eigenvalue weighted by Gasteiger charge is -2.10. The lowest BCUT2D eigenvalue weighted by molar-refractivity contribution is -0.127. The number of hydrogen-bond acceptors (Lipinski definition) is 4. The van der Waals surface area contributed by atoms with E-state index in [2.05, 4.69) is 5.32 Å². The molecule has 1 amide bonds. The second-order valence-electron chi connectivity index (χ2n) is 3.69. The van der Waals surface area contributed by atoms with Crippen LogP contribution >= 0.6 is 0 Å². The van der Waals surface area contributed by atoms with Gasteiger partial charge in [0.05, 0.1) is 6.61 Å². The molecule has 1 aliphatic heterocycles. The molecular formula is C11H14N2O3. The highest BCUT2D eigenvalue weighted by Crippen LogP contribution is 2.30. The maximum absolute atomic E-state index is 11.6. The van der Waals surface area contributed by atoms with Gasteiger partial charge in [-0.15, -0.1) is 0 Å². The van der Waals surface area contributed by atoms with Gasteiger partial charge in [-0.1, -0.05) is 0 Å². The number of aliphatic hydroxyl groups is 1. The highest BCUT2D eigenvalue weighted by atomic mass is 16.5. The van der Waals surface area contributed by atoms with E-state index in [0.717, 1.165) is 5.56 Å². The average molecular weight is 222 g/mol. The number of nitrogens with one attached hydrogen (secondary N) is 1. The van der Waals surface area contributed by atoms with E-state index in [1.807, 2.05) is 6.07 Å². The summed E-state index contributed by atoms with van der Waals surface area (Å²) in [5.41, 5.74) is 7.26. The number of ether oxygens (including phenoxy) is 1. The minimum absolute atomic E-state index is 0.0711. The van der Waals surface area contributed by atoms with Gasteiger partial charge in [0.2, 0.25) is 0 Å². The Bertz CT molecular complexity index is 406. The third kappa shape index (κ3) is 2.09. The molecule has 5 nitrogen and oxygen atoms in total. The van der Waals surface area contributed by atoms with E-state index in [1.165, 1.54) is 0 Å². The Morgan fingerprint density at radius 2 is 2.44 bits per heavy atom. The molecule has 0 fully saturated rings. The van der Waals surface area contributed by atoms with Crippen molar-refractivity contribution >= 4 is 11.6 Å². The average Bonchev–Trinajstić information content (AvgIpc) is 2.68. The smallest absolute Gasteiger partial charge is 0.261 e. The number of fused-ring (bicyclic) bond motifs is 1. The summed E-state index contributed by atoms with van der Waals surface area (Å²) >= 11 is 0. The summed E-state index contributed by atoms with van der Waals surface area (Å²) in [6, 6.07) is 5.32. The molecule has 0 spiro atoms. The first-order valence-corrected chi connectivity index (χ1v) is 5.14. The van der Waals surface area contributed by atoms with Gasteiger partial charge in [0, 0.05) is 24.2 Å². The minimum atomic E-state index is -0.511. The van der Waals surface area contributed by atoms with Gasteiger partial charge in [-0.2, -0.15) is 0 Å². The van der Waals surface area contributed by atoms with Gasteiger partial charge in [0.25, 0.3) is 5.91 Å². The number of amides is 1. The Hall–Kier alpha value is -1.75. The summed E-state index contributed by atoms with van der Waals surface area (Å²) < 4.78 is 5.47. The van der Waals surface area contributed by atoms with Crippen LogP contribution < -0.4 is 15.8 Å². The van der Waals surface area contributed by atoms with Crippen LogP contribution in [0.15, 0.2) is 18.2 Å². The summed E-state index contributed by atoms with van der Waals surface area (Å²) in [6.45, 7) is 0.176. The van der Waals surface area contributed by atoms with Gasteiger partial charge in [0.1, 0.15) is 5.75 Å². The normalized spacial score (nSPS) is 17.7. The molecule has 0 radical (unpaired) electrons. The SMILES string of the molecule is Nc1ccc2c(c1)CC(C(=O)NCCO)O2. The quantitative estimate of drug-likeness (QED) is 0.612. The fourth-order valence-electron chi connectivity index (χ4n) is 1.71. The third-order valence-corrected chi connectivity index (χ3v) is 2.46. The van der Waals surface area contributed by atoms with Crippen LogP contribution in [0, 0.1) is 0 Å². The second-order valence-corrected chi connectivity index (χ2v) is 3.69. The number of nitrogen functional groups attached to an aromatic ring is 1. The van der Waals surface area contributed by atoms with Crippen molar-refractivity contribution in [1.29, 1.82) is 0 Å². The molecule has 1 aliphatic rings. The molecule has 4 N–H and O–H groups in total. The summed E-state index contributed by atoms with van der Waals surface area (Å²) in [4.78, 5) is 11.6. The Morgan fingerprint density at radius 3 is 3.19 bits per heavy atom. The van der Waals surface area contributed by atoms with E-state index in [0.29, 0.717) is 17.9 Å². The first-order valence-electron chi connectivity index (χ1n) is 5.14. The fraction of sp³-hybridized carbons (Fsp3) is 0.364. The van der Waals surface area contributed by atoms with Gasteiger partial charge < -0.3 is 20.9 Å². The first kappa shape index (κ1) is 10.8. The lowest BCUT2D eigenvalue weighted by atomic mass is 10.1. The molecule has 0 saturated carbocycles. The molecule has 1 aromatic carbocycles. The molecule has 2 rings (SSSR count). The minimum Gasteiger partial charge on any atom is -0.480 e. The van der Waals surface area contributed by atoms with Crippen LogP contribution in [0.4, 0.5) is 5.69 Å². The molecule has 0 saturated heterocycles. The van der Waals surface area contributed by atoms with Crippen molar-refractivity contribution in [2.45, 2.75) is 12.5 Å². The number of hydrogen-bond donors (Lipinski definition) is 3. The van der Waals surface area contributed by atoms with E-state index in [9.17, 15) is 4.79 Å². The Balaban J connectivity index is 2.02. The van der Waals surface area contributed by atoms with E-state index < -0.39 is 6.10 Å². The summed E-state index contributed by atoms with van der Waals surface area (Å²) in [5, 5.41) is 11.2. The van der Waals surface area contributed by atoms with Crippen molar-refractivity contribution in [1.82, 2.24) is 5.32 Å². The zero-order chi connectivity index (χ0) is 11.5. The summed E-state index contributed by atoms with van der Waals surface area (Å²) in [5.74, 6) is 0.502. The van der Waals surface area contributed by atoms with Crippen molar-refractivity contribution in [3.63, 3.8) is 0 Å². The Kier molecular flexibility index (Phi) is 2.96. The molecule has 1 heterocycles. The highest BCUT2D eigenvalue weighted by Gasteiger charge is 2.28. The van der Waals surface area contributed by atoms with Crippen molar-refractivity contribution in [2.24, 2.45) is 0 Å². The zero-order valence-electron chi connectivity index (χ0n) is 8.77. The van der Waals surface area contributed by atoms with Crippen LogP contribution in [0.2, 0.25) is 0 Å². The number of carbonyl (C=O) groups is 1. The molecule has 86 valence electrons. The molecule has 0 aromatic heterocycles. The molecular weight excluding hydrogens is 208 g/mol. The van der Waals surface area contributed by atoms with E-state index >= 15 is 0 Å². The monoisotopic (exact) mass is 222 g/mol. The van der Waals surface area contributed by atoms with E-state index in [-0.39, 0.29) is 19.1 Å². The molecule has 16 heavy (non-hydrogen) atoms. The molecule has 1 atom stereocenters. The summed E-state index contributed by atoms with van der Waals surface area (Å²) in [7, 11) is 0. The van der Waals surface area contributed by atoms with Gasteiger partial charge >= 0.3 is 0 Å². The van der Waals surface area contributed by atoms with Crippen LogP contribution in [0.5, 0.6) is 5.75 Å². The van der Waals surface area contributed by atoms with E-state index in [1.54, 1.807) is 12.1 Å². The molecule has 1 unspecified atom stereocenters. The maximum atomic E-state index is 11.6. The molecule has 5 heteroatoms. The van der Waals surface area contributed by atoms with Crippen molar-refractivity contribution in [2.75, 3.05) is 18.9 Å². The fourth-order valence-corrected chi connectivity index (χ4v) is 1.71. The van der Waals surface area contributed by atoms with E-state index in [4.69, 9.17) is 15.6 Å². The Labute approximate surface area is 93.2 Å². The number of aliphatic hydroxyl groups excluding tert-OH is 1. The van der Waals surface area contributed by atoms with Crippen LogP contribution in [0.25, 0.3) is 0 Å². The molecule has 1 aromatic rings. The number of carbonyl (C=O) groups excluding carboxylic acids is 1. The molecule has 0 bridgehead atoms. The van der Waals surface area contributed by atoms with Gasteiger partial charge in [-0.3, -0.25) is 4.79 Å². The second kappa shape index (κ2) is 4.40. The third-order valence-electron chi connectivity index (χ3n) is 2.46. The van der Waals surface area contributed by atoms with Crippen LogP contribution in [0.3, 0.4) is 0 Å². The number of rotatable bonds is 3. The van der Waals surface area contributed by atoms with Gasteiger partial charge in [-0.25, -0.2) is 0 Å². The Morgan fingerprint density at radius 1 is 1.62 bits per heavy atom.